The number of likely N-dealkylation sites (N-methyl/N-ethyl adjacent to an activating group) is 1. The molecule has 1 aliphatic rings. The Morgan fingerprint density at radius 3 is 2.11 bits per heavy atom. The molecule has 1 amide bonds. The normalized spacial score (nSPS) is 20.6. The van der Waals surface area contributed by atoms with Crippen molar-refractivity contribution in [3.05, 3.63) is 0 Å². The van der Waals surface area contributed by atoms with Crippen LogP contribution in [-0.2, 0) is 4.79 Å². The molecule has 0 spiro atoms. The van der Waals surface area contributed by atoms with Gasteiger partial charge in [0.25, 0.3) is 0 Å². The highest BCUT2D eigenvalue weighted by Crippen LogP contribution is 2.25. The first-order valence-electron chi connectivity index (χ1n) is 8.14. The highest BCUT2D eigenvalue weighted by atomic mass is 16.2. The van der Waals surface area contributed by atoms with Gasteiger partial charge in [-0.25, -0.2) is 0 Å². The number of nitrogens with zero attached hydrogens (tertiary/aromatic N) is 1. The molecule has 0 heterocycles. The molecule has 3 nitrogen and oxygen atoms in total. The van der Waals surface area contributed by atoms with Crippen LogP contribution in [0.25, 0.3) is 0 Å². The van der Waals surface area contributed by atoms with Crippen LogP contribution in [0.4, 0.5) is 0 Å². The maximum absolute atomic E-state index is 12.3. The molecule has 0 radical (unpaired) electrons. The van der Waals surface area contributed by atoms with Gasteiger partial charge in [0, 0.05) is 19.1 Å². The minimum atomic E-state index is -0.0573. The zero-order chi connectivity index (χ0) is 14.3. The van der Waals surface area contributed by atoms with Gasteiger partial charge in [0.15, 0.2) is 0 Å². The Labute approximate surface area is 119 Å². The highest BCUT2D eigenvalue weighted by molar-refractivity contribution is 5.81. The van der Waals surface area contributed by atoms with Crippen molar-refractivity contribution >= 4 is 5.91 Å². The molecule has 1 fully saturated rings. The maximum atomic E-state index is 12.3. The lowest BCUT2D eigenvalue weighted by atomic mass is 9.92. The SMILES string of the molecule is CCN(CC)C(=O)C(C)N[C@@H](C)C1CCCCCC1. The van der Waals surface area contributed by atoms with Crippen LogP contribution in [0.2, 0.25) is 0 Å². The van der Waals surface area contributed by atoms with Crippen molar-refractivity contribution in [3.8, 4) is 0 Å². The zero-order valence-electron chi connectivity index (χ0n) is 13.2. The van der Waals surface area contributed by atoms with Crippen LogP contribution < -0.4 is 5.32 Å². The van der Waals surface area contributed by atoms with Gasteiger partial charge in [0.05, 0.1) is 6.04 Å². The van der Waals surface area contributed by atoms with Crippen molar-refractivity contribution < 1.29 is 4.79 Å². The number of nitrogens with one attached hydrogen (secondary N) is 1. The minimum absolute atomic E-state index is 0.0573. The molecular weight excluding hydrogens is 236 g/mol. The largest absolute Gasteiger partial charge is 0.342 e. The van der Waals surface area contributed by atoms with Gasteiger partial charge < -0.3 is 10.2 Å². The Morgan fingerprint density at radius 1 is 1.11 bits per heavy atom. The lowest BCUT2D eigenvalue weighted by molar-refractivity contribution is -0.132. The molecule has 2 atom stereocenters. The molecule has 1 unspecified atom stereocenters. The van der Waals surface area contributed by atoms with E-state index >= 15 is 0 Å². The third-order valence-corrected chi connectivity index (χ3v) is 4.57. The summed E-state index contributed by atoms with van der Waals surface area (Å²) in [7, 11) is 0. The molecule has 1 aliphatic carbocycles. The Hall–Kier alpha value is -0.570. The predicted molar refractivity (Wildman–Crippen MR) is 81.2 cm³/mol. The Bertz CT molecular complexity index is 255. The van der Waals surface area contributed by atoms with Gasteiger partial charge >= 0.3 is 0 Å². The third kappa shape index (κ3) is 5.13. The molecule has 112 valence electrons. The fourth-order valence-corrected chi connectivity index (χ4v) is 3.22. The van der Waals surface area contributed by atoms with Gasteiger partial charge in [-0.15, -0.1) is 0 Å². The summed E-state index contributed by atoms with van der Waals surface area (Å²) in [5.41, 5.74) is 0. The van der Waals surface area contributed by atoms with E-state index < -0.39 is 0 Å². The van der Waals surface area contributed by atoms with Gasteiger partial charge in [0.2, 0.25) is 5.91 Å². The molecule has 0 aromatic heterocycles. The maximum Gasteiger partial charge on any atom is 0.239 e. The smallest absolute Gasteiger partial charge is 0.239 e. The Kier molecular flexibility index (Phi) is 7.44. The van der Waals surface area contributed by atoms with Crippen molar-refractivity contribution in [2.45, 2.75) is 78.3 Å². The fourth-order valence-electron chi connectivity index (χ4n) is 3.22. The van der Waals surface area contributed by atoms with Crippen molar-refractivity contribution in [1.82, 2.24) is 10.2 Å². The summed E-state index contributed by atoms with van der Waals surface area (Å²) in [5, 5.41) is 3.54. The predicted octanol–water partition coefficient (Wildman–Crippen LogP) is 3.19. The topological polar surface area (TPSA) is 32.3 Å². The summed E-state index contributed by atoms with van der Waals surface area (Å²) in [5.74, 6) is 0.986. The summed E-state index contributed by atoms with van der Waals surface area (Å²) in [6.07, 6.45) is 8.12. The van der Waals surface area contributed by atoms with Crippen LogP contribution in [0.1, 0.15) is 66.2 Å². The van der Waals surface area contributed by atoms with E-state index in [0.717, 1.165) is 19.0 Å². The molecule has 0 aromatic rings. The number of rotatable bonds is 6. The van der Waals surface area contributed by atoms with E-state index in [2.05, 4.69) is 12.2 Å². The summed E-state index contributed by atoms with van der Waals surface area (Å²) >= 11 is 0. The van der Waals surface area contributed by atoms with Crippen molar-refractivity contribution in [1.29, 1.82) is 0 Å². The fraction of sp³-hybridized carbons (Fsp3) is 0.938. The second-order valence-corrected chi connectivity index (χ2v) is 5.94. The van der Waals surface area contributed by atoms with Crippen LogP contribution in [0.5, 0.6) is 0 Å². The molecule has 19 heavy (non-hydrogen) atoms. The van der Waals surface area contributed by atoms with Gasteiger partial charge in [-0.05, 0) is 46.5 Å². The molecule has 0 saturated heterocycles. The van der Waals surface area contributed by atoms with Crippen molar-refractivity contribution in [3.63, 3.8) is 0 Å². The first-order valence-corrected chi connectivity index (χ1v) is 8.14. The number of carbonyl (C=O) groups excluding carboxylic acids is 1. The average Bonchev–Trinajstić information content (AvgIpc) is 2.68. The van der Waals surface area contributed by atoms with E-state index in [0.29, 0.717) is 6.04 Å². The van der Waals surface area contributed by atoms with Crippen LogP contribution in [0, 0.1) is 5.92 Å². The summed E-state index contributed by atoms with van der Waals surface area (Å²) < 4.78 is 0. The lowest BCUT2D eigenvalue weighted by Crippen LogP contribution is -2.49. The molecule has 0 aromatic carbocycles. The van der Waals surface area contributed by atoms with E-state index in [1.807, 2.05) is 25.7 Å². The molecule has 0 aliphatic heterocycles. The Balaban J connectivity index is 2.45. The van der Waals surface area contributed by atoms with Gasteiger partial charge in [-0.2, -0.15) is 0 Å². The van der Waals surface area contributed by atoms with E-state index in [1.54, 1.807) is 0 Å². The highest BCUT2D eigenvalue weighted by Gasteiger charge is 2.24. The first kappa shape index (κ1) is 16.5. The average molecular weight is 268 g/mol. The van der Waals surface area contributed by atoms with Crippen LogP contribution in [0.3, 0.4) is 0 Å². The van der Waals surface area contributed by atoms with Gasteiger partial charge in [-0.1, -0.05) is 25.7 Å². The molecule has 1 saturated carbocycles. The van der Waals surface area contributed by atoms with Crippen LogP contribution in [-0.4, -0.2) is 36.0 Å². The van der Waals surface area contributed by atoms with E-state index in [9.17, 15) is 4.79 Å². The first-order chi connectivity index (χ1) is 9.10. The number of hydrogen-bond acceptors (Lipinski definition) is 2. The molecule has 1 rings (SSSR count). The van der Waals surface area contributed by atoms with E-state index in [1.165, 1.54) is 38.5 Å². The van der Waals surface area contributed by atoms with E-state index in [-0.39, 0.29) is 11.9 Å². The monoisotopic (exact) mass is 268 g/mol. The summed E-state index contributed by atoms with van der Waals surface area (Å²) in [6.45, 7) is 9.96. The number of amides is 1. The summed E-state index contributed by atoms with van der Waals surface area (Å²) in [4.78, 5) is 14.2. The van der Waals surface area contributed by atoms with Crippen molar-refractivity contribution in [2.24, 2.45) is 5.92 Å². The lowest BCUT2D eigenvalue weighted by Gasteiger charge is -2.29. The van der Waals surface area contributed by atoms with Crippen LogP contribution in [0.15, 0.2) is 0 Å². The Morgan fingerprint density at radius 2 is 1.63 bits per heavy atom. The van der Waals surface area contributed by atoms with Crippen molar-refractivity contribution in [2.75, 3.05) is 13.1 Å². The summed E-state index contributed by atoms with van der Waals surface area (Å²) in [6, 6.07) is 0.394. The second kappa shape index (κ2) is 8.57. The molecule has 3 heteroatoms. The van der Waals surface area contributed by atoms with Gasteiger partial charge in [0.1, 0.15) is 0 Å². The standard InChI is InChI=1S/C16H32N2O/c1-5-18(6-2)16(19)14(4)17-13(3)15-11-9-7-8-10-12-15/h13-15,17H,5-12H2,1-4H3/t13-,14?/m0/s1. The molecule has 1 N–H and O–H groups in total. The minimum Gasteiger partial charge on any atom is -0.342 e. The number of hydrogen-bond donors (Lipinski definition) is 1. The van der Waals surface area contributed by atoms with Gasteiger partial charge in [-0.3, -0.25) is 4.79 Å². The third-order valence-electron chi connectivity index (χ3n) is 4.57. The quantitative estimate of drug-likeness (QED) is 0.750. The number of carbonyl (C=O) groups is 1. The second-order valence-electron chi connectivity index (χ2n) is 5.94. The zero-order valence-corrected chi connectivity index (χ0v) is 13.2. The van der Waals surface area contributed by atoms with Crippen LogP contribution >= 0.6 is 0 Å². The molecular formula is C16H32N2O. The molecule has 0 bridgehead atoms. The van der Waals surface area contributed by atoms with E-state index in [4.69, 9.17) is 0 Å².